The van der Waals surface area contributed by atoms with Crippen LogP contribution in [0.2, 0.25) is 0 Å². The second kappa shape index (κ2) is 7.14. The number of hydrogen-bond donors (Lipinski definition) is 1. The average Bonchev–Trinajstić information content (AvgIpc) is 2.33. The molecule has 0 saturated heterocycles. The summed E-state index contributed by atoms with van der Waals surface area (Å²) in [7, 11) is 0. The Kier molecular flexibility index (Phi) is 5.82. The summed E-state index contributed by atoms with van der Waals surface area (Å²) in [5, 5.41) is 8.58. The molecule has 0 spiro atoms. The van der Waals surface area contributed by atoms with Crippen LogP contribution in [-0.2, 0) is 14.3 Å². The number of aliphatic carboxylic acids is 1. The molecule has 0 aliphatic carbocycles. The Morgan fingerprint density at radius 3 is 2.35 bits per heavy atom. The highest BCUT2D eigenvalue weighted by molar-refractivity contribution is 8.00. The normalized spacial score (nSPS) is 11.6. The van der Waals surface area contributed by atoms with Crippen LogP contribution in [0.5, 0.6) is 0 Å². The molecule has 1 N–H and O–H groups in total. The van der Waals surface area contributed by atoms with Gasteiger partial charge in [-0.05, 0) is 44.5 Å². The molecule has 108 valence electrons. The second-order valence-electron chi connectivity index (χ2n) is 5.12. The van der Waals surface area contributed by atoms with Gasteiger partial charge >= 0.3 is 11.9 Å². The number of carboxylic acids is 1. The van der Waals surface area contributed by atoms with Gasteiger partial charge < -0.3 is 9.84 Å². The molecule has 20 heavy (non-hydrogen) atoms. The van der Waals surface area contributed by atoms with E-state index < -0.39 is 11.6 Å². The average molecular weight is 294 g/mol. The molecular weight excluding hydrogens is 276 g/mol. The molecule has 0 fully saturated rings. The van der Waals surface area contributed by atoms with Gasteiger partial charge in [0, 0.05) is 11.0 Å². The minimum absolute atomic E-state index is 0.0348. The number of carbonyl (C=O) groups excluding carboxylic acids is 1. The van der Waals surface area contributed by atoms with Crippen molar-refractivity contribution in [3.8, 4) is 0 Å². The predicted octanol–water partition coefficient (Wildman–Crippen LogP) is 3.22. The molecule has 4 nitrogen and oxygen atoms in total. The smallest absolute Gasteiger partial charge is 0.331 e. The van der Waals surface area contributed by atoms with E-state index in [1.165, 1.54) is 17.8 Å². The van der Waals surface area contributed by atoms with Crippen molar-refractivity contribution in [2.75, 3.05) is 5.75 Å². The summed E-state index contributed by atoms with van der Waals surface area (Å²) in [6, 6.07) is 7.29. The van der Waals surface area contributed by atoms with Gasteiger partial charge in [-0.2, -0.15) is 0 Å². The largest absolute Gasteiger partial charge is 0.481 e. The summed E-state index contributed by atoms with van der Waals surface area (Å²) >= 11 is 1.25. The Bertz CT molecular complexity index is 498. The van der Waals surface area contributed by atoms with Crippen LogP contribution in [0.3, 0.4) is 0 Å². The van der Waals surface area contributed by atoms with E-state index in [1.807, 2.05) is 45.0 Å². The van der Waals surface area contributed by atoms with Crippen LogP contribution < -0.4 is 0 Å². The van der Waals surface area contributed by atoms with E-state index in [0.29, 0.717) is 0 Å². The number of carbonyl (C=O) groups is 2. The first kappa shape index (κ1) is 16.3. The lowest BCUT2D eigenvalue weighted by atomic mass is 10.2. The number of benzene rings is 1. The number of carboxylic acid groups (broad SMARTS) is 1. The monoisotopic (exact) mass is 294 g/mol. The fraction of sp³-hybridized carbons (Fsp3) is 0.333. The standard InChI is InChI=1S/C15H18O4S/c1-15(2,3)19-14(18)9-6-11-4-7-12(8-5-11)20-10-13(16)17/h4-9H,10H2,1-3H3,(H,16,17). The van der Waals surface area contributed by atoms with Gasteiger partial charge in [-0.1, -0.05) is 12.1 Å². The molecule has 0 saturated carbocycles. The second-order valence-corrected chi connectivity index (χ2v) is 6.17. The van der Waals surface area contributed by atoms with E-state index in [0.717, 1.165) is 10.5 Å². The SMILES string of the molecule is CC(C)(C)OC(=O)C=Cc1ccc(SCC(=O)O)cc1. The number of rotatable bonds is 5. The third-order valence-corrected chi connectivity index (χ3v) is 3.06. The zero-order valence-electron chi connectivity index (χ0n) is 11.8. The van der Waals surface area contributed by atoms with Crippen LogP contribution in [0, 0.1) is 0 Å². The van der Waals surface area contributed by atoms with Crippen LogP contribution in [0.4, 0.5) is 0 Å². The number of esters is 1. The van der Waals surface area contributed by atoms with Crippen LogP contribution in [0.25, 0.3) is 6.08 Å². The third-order valence-electron chi connectivity index (χ3n) is 2.06. The predicted molar refractivity (Wildman–Crippen MR) is 79.7 cm³/mol. The van der Waals surface area contributed by atoms with Crippen molar-refractivity contribution < 1.29 is 19.4 Å². The molecule has 0 aromatic heterocycles. The quantitative estimate of drug-likeness (QED) is 0.513. The first-order chi connectivity index (χ1) is 9.26. The van der Waals surface area contributed by atoms with Crippen molar-refractivity contribution in [2.45, 2.75) is 31.3 Å². The molecule has 0 aliphatic heterocycles. The van der Waals surface area contributed by atoms with Crippen LogP contribution in [0.15, 0.2) is 35.2 Å². The maximum atomic E-state index is 11.5. The number of ether oxygens (including phenoxy) is 1. The van der Waals surface area contributed by atoms with Crippen molar-refractivity contribution in [1.82, 2.24) is 0 Å². The van der Waals surface area contributed by atoms with E-state index in [9.17, 15) is 9.59 Å². The summed E-state index contributed by atoms with van der Waals surface area (Å²) < 4.78 is 5.15. The van der Waals surface area contributed by atoms with E-state index in [-0.39, 0.29) is 11.7 Å². The Morgan fingerprint density at radius 1 is 1.25 bits per heavy atom. The maximum Gasteiger partial charge on any atom is 0.331 e. The van der Waals surface area contributed by atoms with Gasteiger partial charge in [0.05, 0.1) is 5.75 Å². The first-order valence-electron chi connectivity index (χ1n) is 6.12. The Morgan fingerprint density at radius 2 is 1.85 bits per heavy atom. The van der Waals surface area contributed by atoms with Crippen molar-refractivity contribution in [3.05, 3.63) is 35.9 Å². The minimum atomic E-state index is -0.844. The van der Waals surface area contributed by atoms with Crippen molar-refractivity contribution in [2.24, 2.45) is 0 Å². The number of thioether (sulfide) groups is 1. The lowest BCUT2D eigenvalue weighted by molar-refractivity contribution is -0.148. The Labute approximate surface area is 122 Å². The highest BCUT2D eigenvalue weighted by Gasteiger charge is 2.13. The van der Waals surface area contributed by atoms with Gasteiger partial charge in [0.1, 0.15) is 5.60 Å². The molecule has 0 bridgehead atoms. The van der Waals surface area contributed by atoms with Gasteiger partial charge in [0.25, 0.3) is 0 Å². The van der Waals surface area contributed by atoms with Crippen LogP contribution >= 0.6 is 11.8 Å². The molecule has 0 radical (unpaired) electrons. The summed E-state index contributed by atoms with van der Waals surface area (Å²) in [6.07, 6.45) is 3.05. The first-order valence-corrected chi connectivity index (χ1v) is 7.10. The molecule has 0 atom stereocenters. The zero-order chi connectivity index (χ0) is 15.2. The van der Waals surface area contributed by atoms with Gasteiger partial charge in [-0.3, -0.25) is 4.79 Å². The Balaban J connectivity index is 2.56. The highest BCUT2D eigenvalue weighted by atomic mass is 32.2. The van der Waals surface area contributed by atoms with E-state index >= 15 is 0 Å². The summed E-state index contributed by atoms with van der Waals surface area (Å²) in [4.78, 5) is 22.8. The van der Waals surface area contributed by atoms with E-state index in [2.05, 4.69) is 0 Å². The van der Waals surface area contributed by atoms with Gasteiger partial charge in [0.15, 0.2) is 0 Å². The molecule has 1 rings (SSSR count). The lowest BCUT2D eigenvalue weighted by Crippen LogP contribution is -2.22. The topological polar surface area (TPSA) is 63.6 Å². The molecule has 5 heteroatoms. The minimum Gasteiger partial charge on any atom is -0.481 e. The third kappa shape index (κ3) is 6.99. The van der Waals surface area contributed by atoms with Gasteiger partial charge in [0.2, 0.25) is 0 Å². The molecule has 0 unspecified atom stereocenters. The maximum absolute atomic E-state index is 11.5. The van der Waals surface area contributed by atoms with E-state index in [4.69, 9.17) is 9.84 Å². The fourth-order valence-electron chi connectivity index (χ4n) is 1.32. The van der Waals surface area contributed by atoms with E-state index in [1.54, 1.807) is 6.08 Å². The van der Waals surface area contributed by atoms with Crippen LogP contribution in [-0.4, -0.2) is 28.4 Å². The summed E-state index contributed by atoms with van der Waals surface area (Å²) in [6.45, 7) is 5.44. The zero-order valence-corrected chi connectivity index (χ0v) is 12.6. The summed E-state index contributed by atoms with van der Waals surface area (Å²) in [5.41, 5.74) is 0.356. The van der Waals surface area contributed by atoms with Gasteiger partial charge in [-0.15, -0.1) is 11.8 Å². The highest BCUT2D eigenvalue weighted by Crippen LogP contribution is 2.18. The Hall–Kier alpha value is -1.75. The molecule has 0 amide bonds. The molecule has 0 heterocycles. The molecule has 1 aromatic carbocycles. The van der Waals surface area contributed by atoms with Crippen molar-refractivity contribution >= 4 is 29.8 Å². The summed E-state index contributed by atoms with van der Waals surface area (Å²) in [5.74, 6) is -1.20. The van der Waals surface area contributed by atoms with Crippen molar-refractivity contribution in [3.63, 3.8) is 0 Å². The molecular formula is C15H18O4S. The molecule has 0 aliphatic rings. The van der Waals surface area contributed by atoms with Crippen molar-refractivity contribution in [1.29, 1.82) is 0 Å². The van der Waals surface area contributed by atoms with Crippen LogP contribution in [0.1, 0.15) is 26.3 Å². The number of hydrogen-bond acceptors (Lipinski definition) is 4. The molecule has 1 aromatic rings. The van der Waals surface area contributed by atoms with Gasteiger partial charge in [-0.25, -0.2) is 4.79 Å². The lowest BCUT2D eigenvalue weighted by Gasteiger charge is -2.17. The fourth-order valence-corrected chi connectivity index (χ4v) is 1.94.